The lowest BCUT2D eigenvalue weighted by atomic mass is 9.83. The Morgan fingerprint density at radius 1 is 1.21 bits per heavy atom. The van der Waals surface area contributed by atoms with Gasteiger partial charge in [0.2, 0.25) is 5.91 Å². The van der Waals surface area contributed by atoms with Crippen molar-refractivity contribution >= 4 is 40.0 Å². The molecule has 0 radical (unpaired) electrons. The van der Waals surface area contributed by atoms with Gasteiger partial charge < -0.3 is 10.3 Å². The van der Waals surface area contributed by atoms with Gasteiger partial charge in [0.1, 0.15) is 17.6 Å². The summed E-state index contributed by atoms with van der Waals surface area (Å²) in [6.45, 7) is 0. The highest BCUT2D eigenvalue weighted by atomic mass is 35.5. The third kappa shape index (κ3) is 5.80. The molecule has 0 bridgehead atoms. The van der Waals surface area contributed by atoms with Crippen LogP contribution in [0, 0.1) is 34.9 Å². The molecular formula is C25H27ClFN3O3. The van der Waals surface area contributed by atoms with Crippen LogP contribution in [-0.4, -0.2) is 28.5 Å². The highest BCUT2D eigenvalue weighted by Gasteiger charge is 2.33. The number of amides is 1. The van der Waals surface area contributed by atoms with Crippen LogP contribution in [0.5, 0.6) is 0 Å². The standard InChI is InChI=1S/C25H27ClFN3O3/c26-17-10-20(27)19-12-22(30-21(19)11-17)24(32)9-16(7-14-5-6-14)25(33)29-18(13-28)8-15-3-1-2-4-23(15)31/h10-12,14-16,18,30H,1-9H2,(H,29,33)/t15-,16+,18-/m0/s1. The minimum Gasteiger partial charge on any atom is -0.352 e. The fraction of sp³-hybridized carbons (Fsp3) is 0.520. The molecule has 6 nitrogen and oxygen atoms in total. The molecule has 0 saturated heterocycles. The number of ketones is 2. The Balaban J connectivity index is 1.44. The van der Waals surface area contributed by atoms with Crippen molar-refractivity contribution in [2.45, 2.75) is 63.8 Å². The van der Waals surface area contributed by atoms with Gasteiger partial charge in [-0.2, -0.15) is 5.26 Å². The lowest BCUT2D eigenvalue weighted by molar-refractivity contribution is -0.127. The molecule has 1 amide bonds. The summed E-state index contributed by atoms with van der Waals surface area (Å²) in [4.78, 5) is 41.1. The van der Waals surface area contributed by atoms with Crippen molar-refractivity contribution in [1.82, 2.24) is 10.3 Å². The first-order valence-corrected chi connectivity index (χ1v) is 12.0. The molecule has 1 aromatic carbocycles. The largest absolute Gasteiger partial charge is 0.352 e. The number of rotatable bonds is 9. The number of hydrogen-bond acceptors (Lipinski definition) is 4. The number of aromatic amines is 1. The van der Waals surface area contributed by atoms with E-state index in [0.29, 0.717) is 30.7 Å². The Labute approximate surface area is 196 Å². The van der Waals surface area contributed by atoms with Gasteiger partial charge in [-0.15, -0.1) is 0 Å². The Morgan fingerprint density at radius 2 is 2.00 bits per heavy atom. The number of halogens is 2. The minimum atomic E-state index is -0.759. The van der Waals surface area contributed by atoms with E-state index in [1.165, 1.54) is 12.1 Å². The predicted octanol–water partition coefficient (Wildman–Crippen LogP) is 5.11. The molecule has 1 aromatic heterocycles. The lowest BCUT2D eigenvalue weighted by Crippen LogP contribution is -2.41. The Hall–Kier alpha value is -2.72. The van der Waals surface area contributed by atoms with Crippen LogP contribution in [0.4, 0.5) is 4.39 Å². The molecule has 3 atom stereocenters. The summed E-state index contributed by atoms with van der Waals surface area (Å²) in [5, 5.41) is 12.8. The second-order valence-corrected chi connectivity index (χ2v) is 9.81. The number of benzene rings is 1. The maximum atomic E-state index is 14.2. The maximum Gasteiger partial charge on any atom is 0.224 e. The number of nitriles is 1. The predicted molar refractivity (Wildman–Crippen MR) is 122 cm³/mol. The van der Waals surface area contributed by atoms with Gasteiger partial charge in [0, 0.05) is 35.1 Å². The zero-order valence-electron chi connectivity index (χ0n) is 18.3. The van der Waals surface area contributed by atoms with Crippen molar-refractivity contribution in [3.05, 3.63) is 34.7 Å². The Morgan fingerprint density at radius 3 is 2.70 bits per heavy atom. The smallest absolute Gasteiger partial charge is 0.224 e. The SMILES string of the molecule is N#C[C@H](C[C@@H]1CCCCC1=O)NC(=O)[C@@H](CC(=O)c1cc2c(F)cc(Cl)cc2[nH]1)CC1CC1. The fourth-order valence-corrected chi connectivity index (χ4v) is 4.91. The highest BCUT2D eigenvalue weighted by molar-refractivity contribution is 6.31. The van der Waals surface area contributed by atoms with E-state index in [4.69, 9.17) is 11.6 Å². The number of carbonyl (C=O) groups is 3. The van der Waals surface area contributed by atoms with Crippen LogP contribution in [0.3, 0.4) is 0 Å². The number of aromatic nitrogens is 1. The molecule has 2 aliphatic carbocycles. The van der Waals surface area contributed by atoms with Gasteiger partial charge in [0.25, 0.3) is 0 Å². The van der Waals surface area contributed by atoms with Crippen LogP contribution in [-0.2, 0) is 9.59 Å². The quantitative estimate of drug-likeness (QED) is 0.496. The molecule has 8 heteroatoms. The Kier molecular flexibility index (Phi) is 7.14. The first-order chi connectivity index (χ1) is 15.8. The van der Waals surface area contributed by atoms with Crippen molar-refractivity contribution in [2.75, 3.05) is 0 Å². The molecule has 33 heavy (non-hydrogen) atoms. The summed E-state index contributed by atoms with van der Waals surface area (Å²) in [6, 6.07) is 5.54. The van der Waals surface area contributed by atoms with Crippen LogP contribution in [0.25, 0.3) is 10.9 Å². The topological polar surface area (TPSA) is 103 Å². The minimum absolute atomic E-state index is 0.0367. The van der Waals surface area contributed by atoms with E-state index in [1.807, 2.05) is 0 Å². The van der Waals surface area contributed by atoms with E-state index in [2.05, 4.69) is 16.4 Å². The molecule has 0 aliphatic heterocycles. The first-order valence-electron chi connectivity index (χ1n) is 11.6. The van der Waals surface area contributed by atoms with Crippen molar-refractivity contribution in [3.8, 4) is 6.07 Å². The molecule has 2 fully saturated rings. The summed E-state index contributed by atoms with van der Waals surface area (Å²) < 4.78 is 14.2. The van der Waals surface area contributed by atoms with Crippen molar-refractivity contribution in [2.24, 2.45) is 17.8 Å². The fourth-order valence-electron chi connectivity index (χ4n) is 4.71. The zero-order chi connectivity index (χ0) is 23.5. The van der Waals surface area contributed by atoms with Crippen LogP contribution in [0.2, 0.25) is 5.02 Å². The van der Waals surface area contributed by atoms with Gasteiger partial charge >= 0.3 is 0 Å². The average Bonchev–Trinajstić information content (AvgIpc) is 3.49. The number of Topliss-reactive ketones (excluding diaryl/α,β-unsaturated/α-hetero) is 2. The second kappa shape index (κ2) is 10.0. The molecule has 2 N–H and O–H groups in total. The number of H-pyrrole nitrogens is 1. The van der Waals surface area contributed by atoms with Crippen LogP contribution in [0.1, 0.15) is 68.3 Å². The van der Waals surface area contributed by atoms with Crippen LogP contribution in [0.15, 0.2) is 18.2 Å². The van der Waals surface area contributed by atoms with E-state index in [1.54, 1.807) is 6.07 Å². The molecule has 2 aliphatic rings. The van der Waals surface area contributed by atoms with Crippen molar-refractivity contribution in [1.29, 1.82) is 5.26 Å². The van der Waals surface area contributed by atoms with Crippen molar-refractivity contribution < 1.29 is 18.8 Å². The summed E-state index contributed by atoms with van der Waals surface area (Å²) >= 11 is 5.90. The van der Waals surface area contributed by atoms with Gasteiger partial charge in [-0.25, -0.2) is 4.39 Å². The van der Waals surface area contributed by atoms with Crippen molar-refractivity contribution in [3.63, 3.8) is 0 Å². The van der Waals surface area contributed by atoms with E-state index < -0.39 is 17.8 Å². The summed E-state index contributed by atoms with van der Waals surface area (Å²) in [6.07, 6.45) is 6.01. The average molecular weight is 472 g/mol. The maximum absolute atomic E-state index is 14.2. The van der Waals surface area contributed by atoms with Gasteiger partial charge in [-0.05, 0) is 49.8 Å². The number of carbonyl (C=O) groups excluding carboxylic acids is 3. The highest BCUT2D eigenvalue weighted by Crippen LogP contribution is 2.37. The molecule has 0 unspecified atom stereocenters. The van der Waals surface area contributed by atoms with Gasteiger partial charge in [0.15, 0.2) is 5.78 Å². The third-order valence-corrected chi connectivity index (χ3v) is 6.96. The number of hydrogen-bond donors (Lipinski definition) is 2. The van der Waals surface area contributed by atoms with Crippen LogP contribution >= 0.6 is 11.6 Å². The zero-order valence-corrected chi connectivity index (χ0v) is 19.1. The van der Waals surface area contributed by atoms with E-state index >= 15 is 0 Å². The normalized spacial score (nSPS) is 20.3. The van der Waals surface area contributed by atoms with E-state index in [0.717, 1.165) is 32.1 Å². The molecule has 2 aromatic rings. The monoisotopic (exact) mass is 471 g/mol. The summed E-state index contributed by atoms with van der Waals surface area (Å²) in [5.74, 6) is -1.37. The number of fused-ring (bicyclic) bond motifs is 1. The van der Waals surface area contributed by atoms with Crippen LogP contribution < -0.4 is 5.32 Å². The Bertz CT molecular complexity index is 1120. The van der Waals surface area contributed by atoms with Gasteiger partial charge in [0.05, 0.1) is 17.3 Å². The molecule has 0 spiro atoms. The lowest BCUT2D eigenvalue weighted by Gasteiger charge is -2.24. The van der Waals surface area contributed by atoms with Gasteiger partial charge in [-0.3, -0.25) is 14.4 Å². The van der Waals surface area contributed by atoms with E-state index in [-0.39, 0.29) is 45.9 Å². The first kappa shape index (κ1) is 23.4. The number of nitrogens with one attached hydrogen (secondary N) is 2. The number of nitrogens with zero attached hydrogens (tertiary/aromatic N) is 1. The molecular weight excluding hydrogens is 445 g/mol. The van der Waals surface area contributed by atoms with E-state index in [9.17, 15) is 24.0 Å². The molecule has 4 rings (SSSR count). The molecule has 1 heterocycles. The molecule has 2 saturated carbocycles. The van der Waals surface area contributed by atoms with Gasteiger partial charge in [-0.1, -0.05) is 30.9 Å². The summed E-state index contributed by atoms with van der Waals surface area (Å²) in [5.41, 5.74) is 0.651. The summed E-state index contributed by atoms with van der Waals surface area (Å²) in [7, 11) is 0. The second-order valence-electron chi connectivity index (χ2n) is 9.37. The third-order valence-electron chi connectivity index (χ3n) is 6.74. The molecule has 174 valence electrons.